The maximum Gasteiger partial charge on any atom is 0.248 e. The van der Waals surface area contributed by atoms with Crippen molar-refractivity contribution in [1.82, 2.24) is 4.90 Å². The average Bonchev–Trinajstić information content (AvgIpc) is 2.48. The van der Waals surface area contributed by atoms with E-state index in [1.54, 1.807) is 29.2 Å². The van der Waals surface area contributed by atoms with Crippen molar-refractivity contribution < 1.29 is 14.4 Å². The number of amides is 3. The summed E-state index contributed by atoms with van der Waals surface area (Å²) in [5, 5.41) is 2.81. The molecule has 0 radical (unpaired) electrons. The maximum atomic E-state index is 12.2. The number of hydrogen-bond donors (Lipinski definition) is 2. The second-order valence-corrected chi connectivity index (χ2v) is 5.24. The Labute approximate surface area is 123 Å². The minimum atomic E-state index is -0.503. The highest BCUT2D eigenvalue weighted by atomic mass is 16.2. The van der Waals surface area contributed by atoms with E-state index in [0.29, 0.717) is 24.3 Å². The van der Waals surface area contributed by atoms with Crippen molar-refractivity contribution in [2.24, 2.45) is 11.7 Å². The van der Waals surface area contributed by atoms with Crippen LogP contribution in [0.25, 0.3) is 0 Å². The minimum Gasteiger partial charge on any atom is -0.366 e. The molecule has 1 saturated heterocycles. The van der Waals surface area contributed by atoms with Crippen molar-refractivity contribution >= 4 is 23.4 Å². The Kier molecular flexibility index (Phi) is 4.57. The van der Waals surface area contributed by atoms with Gasteiger partial charge in [0.1, 0.15) is 0 Å². The Morgan fingerprint density at radius 3 is 2.48 bits per heavy atom. The number of carbonyl (C=O) groups is 3. The van der Waals surface area contributed by atoms with Crippen LogP contribution >= 0.6 is 0 Å². The normalized spacial score (nSPS) is 18.1. The zero-order chi connectivity index (χ0) is 15.4. The predicted molar refractivity (Wildman–Crippen MR) is 78.6 cm³/mol. The SMILES string of the molecule is CC(=O)N1CCCC(C(=O)Nc2ccc(C(N)=O)cc2)C1. The fraction of sp³-hybridized carbons (Fsp3) is 0.400. The largest absolute Gasteiger partial charge is 0.366 e. The highest BCUT2D eigenvalue weighted by Crippen LogP contribution is 2.19. The summed E-state index contributed by atoms with van der Waals surface area (Å²) in [7, 11) is 0. The van der Waals surface area contributed by atoms with E-state index in [1.165, 1.54) is 6.92 Å². The molecule has 6 nitrogen and oxygen atoms in total. The summed E-state index contributed by atoms with van der Waals surface area (Å²) in [6, 6.07) is 6.43. The molecule has 1 aromatic carbocycles. The summed E-state index contributed by atoms with van der Waals surface area (Å²) in [6.07, 6.45) is 1.60. The summed E-state index contributed by atoms with van der Waals surface area (Å²) >= 11 is 0. The molecule has 0 aromatic heterocycles. The standard InChI is InChI=1S/C15H19N3O3/c1-10(19)18-8-2-3-12(9-18)15(21)17-13-6-4-11(5-7-13)14(16)20/h4-7,12H,2-3,8-9H2,1H3,(H2,16,20)(H,17,21). The lowest BCUT2D eigenvalue weighted by Crippen LogP contribution is -2.42. The molecular formula is C15H19N3O3. The molecule has 2 rings (SSSR count). The van der Waals surface area contributed by atoms with Crippen molar-refractivity contribution in [1.29, 1.82) is 0 Å². The Morgan fingerprint density at radius 2 is 1.90 bits per heavy atom. The lowest BCUT2D eigenvalue weighted by molar-refractivity contribution is -0.132. The Bertz CT molecular complexity index is 554. The van der Waals surface area contributed by atoms with Crippen molar-refractivity contribution in [2.45, 2.75) is 19.8 Å². The van der Waals surface area contributed by atoms with Gasteiger partial charge in [0.2, 0.25) is 17.7 Å². The number of nitrogens with two attached hydrogens (primary N) is 1. The number of hydrogen-bond acceptors (Lipinski definition) is 3. The molecule has 0 bridgehead atoms. The van der Waals surface area contributed by atoms with Crippen LogP contribution in [0.4, 0.5) is 5.69 Å². The number of piperidine rings is 1. The Balaban J connectivity index is 1.97. The second kappa shape index (κ2) is 6.39. The van der Waals surface area contributed by atoms with Gasteiger partial charge in [0.05, 0.1) is 5.92 Å². The summed E-state index contributed by atoms with van der Waals surface area (Å²) in [5.74, 6) is -0.804. The van der Waals surface area contributed by atoms with Crippen LogP contribution in [0.5, 0.6) is 0 Å². The number of nitrogens with one attached hydrogen (secondary N) is 1. The molecule has 112 valence electrons. The van der Waals surface area contributed by atoms with Crippen LogP contribution in [0, 0.1) is 5.92 Å². The minimum absolute atomic E-state index is 0.00156. The number of anilines is 1. The van der Waals surface area contributed by atoms with E-state index in [4.69, 9.17) is 5.73 Å². The first-order chi connectivity index (χ1) is 9.97. The van der Waals surface area contributed by atoms with Gasteiger partial charge in [0.25, 0.3) is 0 Å². The van der Waals surface area contributed by atoms with Crippen LogP contribution in [0.2, 0.25) is 0 Å². The van der Waals surface area contributed by atoms with Gasteiger partial charge < -0.3 is 16.0 Å². The highest BCUT2D eigenvalue weighted by Gasteiger charge is 2.26. The van der Waals surface area contributed by atoms with Crippen molar-refractivity contribution in [3.8, 4) is 0 Å². The first-order valence-corrected chi connectivity index (χ1v) is 6.93. The average molecular weight is 289 g/mol. The smallest absolute Gasteiger partial charge is 0.248 e. The van der Waals surface area contributed by atoms with E-state index in [0.717, 1.165) is 12.8 Å². The Hall–Kier alpha value is -2.37. The molecule has 1 aromatic rings. The second-order valence-electron chi connectivity index (χ2n) is 5.24. The van der Waals surface area contributed by atoms with Gasteiger partial charge in [0.15, 0.2) is 0 Å². The van der Waals surface area contributed by atoms with E-state index in [2.05, 4.69) is 5.32 Å². The van der Waals surface area contributed by atoms with Crippen molar-refractivity contribution in [2.75, 3.05) is 18.4 Å². The molecule has 1 atom stereocenters. The first kappa shape index (κ1) is 15.0. The molecule has 1 aliphatic rings. The van der Waals surface area contributed by atoms with Crippen LogP contribution in [-0.2, 0) is 9.59 Å². The van der Waals surface area contributed by atoms with Crippen LogP contribution in [0.3, 0.4) is 0 Å². The number of rotatable bonds is 3. The summed E-state index contributed by atoms with van der Waals surface area (Å²) in [6.45, 7) is 2.69. The Morgan fingerprint density at radius 1 is 1.24 bits per heavy atom. The highest BCUT2D eigenvalue weighted by molar-refractivity contribution is 5.95. The molecule has 0 spiro atoms. The molecule has 21 heavy (non-hydrogen) atoms. The van der Waals surface area contributed by atoms with E-state index >= 15 is 0 Å². The molecule has 3 amide bonds. The zero-order valence-electron chi connectivity index (χ0n) is 12.0. The molecule has 1 fully saturated rings. The molecule has 0 saturated carbocycles. The quantitative estimate of drug-likeness (QED) is 0.868. The van der Waals surface area contributed by atoms with Crippen LogP contribution in [-0.4, -0.2) is 35.7 Å². The fourth-order valence-corrected chi connectivity index (χ4v) is 2.44. The van der Waals surface area contributed by atoms with Crippen LogP contribution in [0.15, 0.2) is 24.3 Å². The van der Waals surface area contributed by atoms with E-state index in [1.807, 2.05) is 0 Å². The number of carbonyl (C=O) groups excluding carboxylic acids is 3. The molecule has 1 aliphatic heterocycles. The van der Waals surface area contributed by atoms with Gasteiger partial charge in [-0.2, -0.15) is 0 Å². The lowest BCUT2D eigenvalue weighted by atomic mass is 9.97. The van der Waals surface area contributed by atoms with Gasteiger partial charge in [-0.25, -0.2) is 0 Å². The molecule has 0 aliphatic carbocycles. The van der Waals surface area contributed by atoms with Crippen molar-refractivity contribution in [3.05, 3.63) is 29.8 Å². The third kappa shape index (κ3) is 3.81. The van der Waals surface area contributed by atoms with Gasteiger partial charge in [-0.3, -0.25) is 14.4 Å². The molecule has 1 unspecified atom stereocenters. The van der Waals surface area contributed by atoms with Gasteiger partial charge in [-0.15, -0.1) is 0 Å². The lowest BCUT2D eigenvalue weighted by Gasteiger charge is -2.31. The van der Waals surface area contributed by atoms with Gasteiger partial charge in [-0.1, -0.05) is 0 Å². The predicted octanol–water partition coefficient (Wildman–Crippen LogP) is 0.982. The third-order valence-corrected chi connectivity index (χ3v) is 3.67. The number of nitrogens with zero attached hydrogens (tertiary/aromatic N) is 1. The van der Waals surface area contributed by atoms with Crippen LogP contribution < -0.4 is 11.1 Å². The first-order valence-electron chi connectivity index (χ1n) is 6.93. The topological polar surface area (TPSA) is 92.5 Å². The fourth-order valence-electron chi connectivity index (χ4n) is 2.44. The van der Waals surface area contributed by atoms with Gasteiger partial charge >= 0.3 is 0 Å². The van der Waals surface area contributed by atoms with Gasteiger partial charge in [-0.05, 0) is 37.1 Å². The third-order valence-electron chi connectivity index (χ3n) is 3.67. The molecule has 3 N–H and O–H groups in total. The van der Waals surface area contributed by atoms with E-state index in [-0.39, 0.29) is 17.7 Å². The number of benzene rings is 1. The monoisotopic (exact) mass is 289 g/mol. The maximum absolute atomic E-state index is 12.2. The number of primary amides is 1. The number of likely N-dealkylation sites (tertiary alicyclic amines) is 1. The van der Waals surface area contributed by atoms with Crippen LogP contribution in [0.1, 0.15) is 30.1 Å². The summed E-state index contributed by atoms with van der Waals surface area (Å²) < 4.78 is 0. The zero-order valence-corrected chi connectivity index (χ0v) is 12.0. The summed E-state index contributed by atoms with van der Waals surface area (Å²) in [5.41, 5.74) is 6.17. The van der Waals surface area contributed by atoms with E-state index in [9.17, 15) is 14.4 Å². The molecule has 6 heteroatoms. The van der Waals surface area contributed by atoms with E-state index < -0.39 is 5.91 Å². The molecular weight excluding hydrogens is 270 g/mol. The summed E-state index contributed by atoms with van der Waals surface area (Å²) in [4.78, 5) is 36.3. The van der Waals surface area contributed by atoms with Gasteiger partial charge in [0, 0.05) is 31.3 Å². The van der Waals surface area contributed by atoms with Crippen molar-refractivity contribution in [3.63, 3.8) is 0 Å². The molecule has 1 heterocycles.